The number of carbonyl (C=O) groups is 1. The van der Waals surface area contributed by atoms with E-state index in [1.807, 2.05) is 0 Å². The lowest BCUT2D eigenvalue weighted by Crippen LogP contribution is -2.31. The number of likely N-dealkylation sites (N-methyl/N-ethyl adjacent to an activating group) is 1. The molecule has 0 aliphatic heterocycles. The Labute approximate surface area is 89.6 Å². The van der Waals surface area contributed by atoms with Gasteiger partial charge in [-0.15, -0.1) is 0 Å². The molecule has 1 rings (SSSR count). The highest BCUT2D eigenvalue weighted by Crippen LogP contribution is 2.20. The van der Waals surface area contributed by atoms with E-state index in [-0.39, 0.29) is 5.82 Å². The van der Waals surface area contributed by atoms with Gasteiger partial charge >= 0.3 is 0 Å². The number of carbonyl (C=O) groups excluding carboxylic acids is 1. The maximum absolute atomic E-state index is 12.9. The van der Waals surface area contributed by atoms with Crippen LogP contribution in [0.3, 0.4) is 0 Å². The predicted octanol–water partition coefficient (Wildman–Crippen LogP) is 1.33. The number of benzene rings is 1. The Bertz CT molecular complexity index is 357. The second-order valence-corrected chi connectivity index (χ2v) is 3.65. The average Bonchev–Trinajstić information content (AvgIpc) is 2.11. The summed E-state index contributed by atoms with van der Waals surface area (Å²) in [6, 6.07) is 3.74. The molecule has 1 aromatic carbocycles. The van der Waals surface area contributed by atoms with Crippen LogP contribution in [0.2, 0.25) is 0 Å². The van der Waals surface area contributed by atoms with Crippen LogP contribution in [0.4, 0.5) is 4.39 Å². The van der Waals surface area contributed by atoms with E-state index in [0.29, 0.717) is 10.0 Å². The van der Waals surface area contributed by atoms with Gasteiger partial charge in [0.15, 0.2) is 0 Å². The molecule has 0 radical (unpaired) electrons. The zero-order valence-corrected chi connectivity index (χ0v) is 9.14. The summed E-state index contributed by atoms with van der Waals surface area (Å²) in [6.45, 7) is 0. The lowest BCUT2D eigenvalue weighted by Gasteiger charge is -2.12. The van der Waals surface area contributed by atoms with Crippen LogP contribution in [0, 0.1) is 5.82 Å². The molecule has 1 amide bonds. The molecule has 0 fully saturated rings. The maximum atomic E-state index is 12.9. The minimum Gasteiger partial charge on any atom is -0.368 e. The van der Waals surface area contributed by atoms with Crippen molar-refractivity contribution in [3.63, 3.8) is 0 Å². The van der Waals surface area contributed by atoms with E-state index in [9.17, 15) is 9.18 Å². The normalized spacial score (nSPS) is 12.5. The number of rotatable bonds is 3. The number of halogens is 2. The molecule has 1 aromatic rings. The molecule has 0 aliphatic rings. The number of nitrogens with one attached hydrogen (secondary N) is 1. The summed E-state index contributed by atoms with van der Waals surface area (Å²) in [5, 5.41) is 2.75. The first-order chi connectivity index (χ1) is 6.56. The van der Waals surface area contributed by atoms with Crippen LogP contribution in [0.25, 0.3) is 0 Å². The van der Waals surface area contributed by atoms with Gasteiger partial charge in [0.05, 0.1) is 4.47 Å². The van der Waals surface area contributed by atoms with E-state index in [0.717, 1.165) is 0 Å². The second kappa shape index (κ2) is 4.52. The summed E-state index contributed by atoms with van der Waals surface area (Å²) >= 11 is 3.04. The Hall–Kier alpha value is -0.940. The highest BCUT2D eigenvalue weighted by Gasteiger charge is 2.16. The fraction of sp³-hybridized carbons (Fsp3) is 0.222. The predicted molar refractivity (Wildman–Crippen MR) is 55.1 cm³/mol. The van der Waals surface area contributed by atoms with Crippen LogP contribution in [0.1, 0.15) is 11.6 Å². The van der Waals surface area contributed by atoms with Crippen molar-refractivity contribution in [1.29, 1.82) is 0 Å². The first-order valence-corrected chi connectivity index (χ1v) is 4.77. The van der Waals surface area contributed by atoms with Gasteiger partial charge in [-0.3, -0.25) is 4.79 Å². The third kappa shape index (κ3) is 2.30. The summed E-state index contributed by atoms with van der Waals surface area (Å²) < 4.78 is 13.2. The van der Waals surface area contributed by atoms with Gasteiger partial charge in [0.1, 0.15) is 11.9 Å². The topological polar surface area (TPSA) is 55.1 Å². The lowest BCUT2D eigenvalue weighted by molar-refractivity contribution is -0.120. The van der Waals surface area contributed by atoms with Crippen molar-refractivity contribution in [3.05, 3.63) is 34.1 Å². The van der Waals surface area contributed by atoms with Crippen molar-refractivity contribution >= 4 is 21.8 Å². The Morgan fingerprint density at radius 2 is 2.29 bits per heavy atom. The fourth-order valence-electron chi connectivity index (χ4n) is 1.17. The number of nitrogens with two attached hydrogens (primary N) is 1. The average molecular weight is 261 g/mol. The van der Waals surface area contributed by atoms with E-state index in [4.69, 9.17) is 5.73 Å². The molecule has 0 saturated carbocycles. The van der Waals surface area contributed by atoms with Crippen molar-refractivity contribution in [3.8, 4) is 0 Å². The van der Waals surface area contributed by atoms with Gasteiger partial charge in [0.25, 0.3) is 0 Å². The Kier molecular flexibility index (Phi) is 3.60. The summed E-state index contributed by atoms with van der Waals surface area (Å²) in [7, 11) is 1.62. The number of hydrogen-bond acceptors (Lipinski definition) is 2. The Morgan fingerprint density at radius 1 is 1.64 bits per heavy atom. The Balaban J connectivity index is 3.06. The van der Waals surface area contributed by atoms with Crippen molar-refractivity contribution in [2.45, 2.75) is 6.04 Å². The molecule has 0 aromatic heterocycles. The zero-order chi connectivity index (χ0) is 10.7. The molecule has 0 bridgehead atoms. The van der Waals surface area contributed by atoms with Crippen molar-refractivity contribution in [1.82, 2.24) is 5.32 Å². The van der Waals surface area contributed by atoms with E-state index in [1.54, 1.807) is 7.05 Å². The van der Waals surface area contributed by atoms with Gasteiger partial charge in [0, 0.05) is 0 Å². The van der Waals surface area contributed by atoms with Crippen molar-refractivity contribution in [2.24, 2.45) is 5.73 Å². The molecular weight excluding hydrogens is 251 g/mol. The maximum Gasteiger partial charge on any atom is 0.239 e. The second-order valence-electron chi connectivity index (χ2n) is 2.80. The number of amides is 1. The third-order valence-corrected chi connectivity index (χ3v) is 2.46. The lowest BCUT2D eigenvalue weighted by atomic mass is 10.1. The van der Waals surface area contributed by atoms with E-state index in [2.05, 4.69) is 21.2 Å². The molecule has 3 N–H and O–H groups in total. The quantitative estimate of drug-likeness (QED) is 0.862. The molecule has 1 atom stereocenters. The van der Waals surface area contributed by atoms with Gasteiger partial charge in [-0.25, -0.2) is 4.39 Å². The van der Waals surface area contributed by atoms with Gasteiger partial charge in [-0.05, 0) is 40.7 Å². The molecule has 3 nitrogen and oxygen atoms in total. The SMILES string of the molecule is CNC(C(N)=O)c1ccc(F)c(Br)c1. The zero-order valence-electron chi connectivity index (χ0n) is 7.55. The standard InChI is InChI=1S/C9H10BrFN2O/c1-13-8(9(12)14)5-2-3-7(11)6(10)4-5/h2-4,8,13H,1H3,(H2,12,14). The van der Waals surface area contributed by atoms with Crippen LogP contribution >= 0.6 is 15.9 Å². The van der Waals surface area contributed by atoms with Crippen LogP contribution in [-0.4, -0.2) is 13.0 Å². The molecule has 76 valence electrons. The largest absolute Gasteiger partial charge is 0.368 e. The van der Waals surface area contributed by atoms with Gasteiger partial charge < -0.3 is 11.1 Å². The van der Waals surface area contributed by atoms with Crippen LogP contribution in [0.5, 0.6) is 0 Å². The highest BCUT2D eigenvalue weighted by molar-refractivity contribution is 9.10. The van der Waals surface area contributed by atoms with Crippen molar-refractivity contribution in [2.75, 3.05) is 7.05 Å². The van der Waals surface area contributed by atoms with E-state index >= 15 is 0 Å². The van der Waals surface area contributed by atoms with Gasteiger partial charge in [-0.1, -0.05) is 6.07 Å². The van der Waals surface area contributed by atoms with Crippen LogP contribution in [-0.2, 0) is 4.79 Å². The minimum atomic E-state index is -0.591. The number of primary amides is 1. The minimum absolute atomic E-state index is 0.316. The molecule has 0 saturated heterocycles. The first kappa shape index (κ1) is 11.1. The fourth-order valence-corrected chi connectivity index (χ4v) is 1.56. The molecular formula is C9H10BrFN2O. The summed E-state index contributed by atoms with van der Waals surface area (Å²) in [4.78, 5) is 11.0. The molecule has 5 heteroatoms. The van der Waals surface area contributed by atoms with Crippen LogP contribution in [0.15, 0.2) is 22.7 Å². The molecule has 0 spiro atoms. The first-order valence-electron chi connectivity index (χ1n) is 3.97. The monoisotopic (exact) mass is 260 g/mol. The smallest absolute Gasteiger partial charge is 0.239 e. The van der Waals surface area contributed by atoms with Gasteiger partial charge in [0.2, 0.25) is 5.91 Å². The molecule has 14 heavy (non-hydrogen) atoms. The van der Waals surface area contributed by atoms with Gasteiger partial charge in [-0.2, -0.15) is 0 Å². The third-order valence-electron chi connectivity index (χ3n) is 1.85. The Morgan fingerprint density at radius 3 is 2.71 bits per heavy atom. The summed E-state index contributed by atoms with van der Waals surface area (Å²) in [5.41, 5.74) is 5.79. The van der Waals surface area contributed by atoms with Crippen molar-refractivity contribution < 1.29 is 9.18 Å². The number of hydrogen-bond donors (Lipinski definition) is 2. The highest BCUT2D eigenvalue weighted by atomic mass is 79.9. The molecule has 1 unspecified atom stereocenters. The summed E-state index contributed by atoms with van der Waals surface area (Å²) in [6.07, 6.45) is 0. The molecule has 0 aliphatic carbocycles. The van der Waals surface area contributed by atoms with E-state index in [1.165, 1.54) is 18.2 Å². The molecule has 0 heterocycles. The van der Waals surface area contributed by atoms with Crippen LogP contribution < -0.4 is 11.1 Å². The summed E-state index contributed by atoms with van der Waals surface area (Å²) in [5.74, 6) is -0.862. The van der Waals surface area contributed by atoms with E-state index < -0.39 is 11.9 Å².